The van der Waals surface area contributed by atoms with Gasteiger partial charge in [-0.25, -0.2) is 13.2 Å². The first-order valence-corrected chi connectivity index (χ1v) is 11.9. The molecule has 0 amide bonds. The standard InChI is InChI=1S/C23H32N2O6S/c1-6-25(7-2)14-15-30-23(26)21-13-10-19(16-22(21)31-17-29-5)24(4)32(27,28)20-11-8-18(3)9-12-20/h8-13,16H,6-7,14-15,17H2,1-5H3. The maximum absolute atomic E-state index is 13.0. The molecule has 32 heavy (non-hydrogen) atoms. The van der Waals surface area contributed by atoms with Crippen molar-refractivity contribution < 1.29 is 27.4 Å². The fourth-order valence-corrected chi connectivity index (χ4v) is 4.20. The van der Waals surface area contributed by atoms with Crippen molar-refractivity contribution in [1.29, 1.82) is 0 Å². The molecular formula is C23H32N2O6S. The molecule has 2 aromatic carbocycles. The van der Waals surface area contributed by atoms with Crippen molar-refractivity contribution in [2.24, 2.45) is 0 Å². The Bertz CT molecular complexity index is 988. The lowest BCUT2D eigenvalue weighted by molar-refractivity contribution is 0.0406. The normalized spacial score (nSPS) is 11.4. The minimum Gasteiger partial charge on any atom is -0.467 e. The molecule has 2 rings (SSSR count). The van der Waals surface area contributed by atoms with E-state index >= 15 is 0 Å². The molecule has 0 aromatic heterocycles. The summed E-state index contributed by atoms with van der Waals surface area (Å²) in [5.74, 6) is -0.359. The number of carbonyl (C=O) groups is 1. The molecule has 0 saturated heterocycles. The molecule has 0 aliphatic heterocycles. The Hall–Kier alpha value is -2.62. The molecule has 0 aliphatic carbocycles. The second-order valence-corrected chi connectivity index (χ2v) is 9.15. The van der Waals surface area contributed by atoms with Gasteiger partial charge >= 0.3 is 5.97 Å². The van der Waals surface area contributed by atoms with Crippen LogP contribution >= 0.6 is 0 Å². The summed E-state index contributed by atoms with van der Waals surface area (Å²) >= 11 is 0. The van der Waals surface area contributed by atoms with Gasteiger partial charge in [-0.15, -0.1) is 0 Å². The van der Waals surface area contributed by atoms with Crippen LogP contribution in [0.25, 0.3) is 0 Å². The quantitative estimate of drug-likeness (QED) is 0.352. The molecule has 2 aromatic rings. The molecule has 0 radical (unpaired) electrons. The van der Waals surface area contributed by atoms with Crippen molar-refractivity contribution in [1.82, 2.24) is 4.90 Å². The van der Waals surface area contributed by atoms with Gasteiger partial charge in [-0.1, -0.05) is 31.5 Å². The van der Waals surface area contributed by atoms with Crippen molar-refractivity contribution in [3.8, 4) is 5.75 Å². The third-order valence-electron chi connectivity index (χ3n) is 5.10. The van der Waals surface area contributed by atoms with Crippen LogP contribution in [0.3, 0.4) is 0 Å². The van der Waals surface area contributed by atoms with Crippen molar-refractivity contribution in [2.75, 3.05) is 51.5 Å². The monoisotopic (exact) mass is 464 g/mol. The number of benzene rings is 2. The molecule has 0 spiro atoms. The van der Waals surface area contributed by atoms with Gasteiger partial charge < -0.3 is 19.1 Å². The van der Waals surface area contributed by atoms with Gasteiger partial charge in [0.25, 0.3) is 10.0 Å². The molecule has 0 heterocycles. The van der Waals surface area contributed by atoms with Crippen LogP contribution in [0.15, 0.2) is 47.4 Å². The first kappa shape index (κ1) is 25.6. The van der Waals surface area contributed by atoms with E-state index in [-0.39, 0.29) is 29.6 Å². The van der Waals surface area contributed by atoms with E-state index in [2.05, 4.69) is 4.90 Å². The summed E-state index contributed by atoms with van der Waals surface area (Å²) in [4.78, 5) is 14.9. The number of nitrogens with zero attached hydrogens (tertiary/aromatic N) is 2. The van der Waals surface area contributed by atoms with Crippen LogP contribution in [0.2, 0.25) is 0 Å². The zero-order valence-corrected chi connectivity index (χ0v) is 20.1. The Morgan fingerprint density at radius 2 is 1.69 bits per heavy atom. The average molecular weight is 465 g/mol. The van der Waals surface area contributed by atoms with Gasteiger partial charge in [0, 0.05) is 26.8 Å². The van der Waals surface area contributed by atoms with E-state index in [1.165, 1.54) is 26.3 Å². The second-order valence-electron chi connectivity index (χ2n) is 7.18. The van der Waals surface area contributed by atoms with Crippen molar-refractivity contribution in [3.63, 3.8) is 0 Å². The fraction of sp³-hybridized carbons (Fsp3) is 0.435. The molecule has 9 heteroatoms. The van der Waals surface area contributed by atoms with Crippen LogP contribution in [0.1, 0.15) is 29.8 Å². The third-order valence-corrected chi connectivity index (χ3v) is 6.90. The molecule has 8 nitrogen and oxygen atoms in total. The number of carbonyl (C=O) groups excluding carboxylic acids is 1. The number of esters is 1. The molecule has 0 bridgehead atoms. The van der Waals surface area contributed by atoms with Gasteiger partial charge in [0.05, 0.1) is 10.6 Å². The fourth-order valence-electron chi connectivity index (χ4n) is 3.01. The van der Waals surface area contributed by atoms with Gasteiger partial charge in [-0.05, 0) is 44.3 Å². The van der Waals surface area contributed by atoms with Gasteiger partial charge in [0.2, 0.25) is 0 Å². The number of hydrogen-bond donors (Lipinski definition) is 0. The summed E-state index contributed by atoms with van der Waals surface area (Å²) in [6.45, 7) is 8.48. The summed E-state index contributed by atoms with van der Waals surface area (Å²) in [6.07, 6.45) is 0. The largest absolute Gasteiger partial charge is 0.467 e. The lowest BCUT2D eigenvalue weighted by Crippen LogP contribution is -2.28. The molecule has 0 atom stereocenters. The number of hydrogen-bond acceptors (Lipinski definition) is 7. The SMILES string of the molecule is CCN(CC)CCOC(=O)c1ccc(N(C)S(=O)(=O)c2ccc(C)cc2)cc1OCOC. The summed E-state index contributed by atoms with van der Waals surface area (Å²) in [5, 5.41) is 0. The Balaban J connectivity index is 2.26. The zero-order valence-electron chi connectivity index (χ0n) is 19.3. The number of anilines is 1. The van der Waals surface area contributed by atoms with Crippen molar-refractivity contribution >= 4 is 21.7 Å². The Morgan fingerprint density at radius 1 is 1.03 bits per heavy atom. The summed E-state index contributed by atoms with van der Waals surface area (Å²) < 4.78 is 43.1. The number of sulfonamides is 1. The van der Waals surface area contributed by atoms with Crippen LogP contribution in [-0.2, 0) is 19.5 Å². The van der Waals surface area contributed by atoms with Crippen molar-refractivity contribution in [2.45, 2.75) is 25.7 Å². The van der Waals surface area contributed by atoms with E-state index in [4.69, 9.17) is 14.2 Å². The highest BCUT2D eigenvalue weighted by molar-refractivity contribution is 7.92. The highest BCUT2D eigenvalue weighted by Crippen LogP contribution is 2.29. The molecule has 0 aliphatic rings. The van der Waals surface area contributed by atoms with Crippen LogP contribution < -0.4 is 9.04 Å². The number of methoxy groups -OCH3 is 1. The molecule has 0 unspecified atom stereocenters. The first-order chi connectivity index (χ1) is 15.2. The van der Waals surface area contributed by atoms with Gasteiger partial charge in [-0.3, -0.25) is 4.31 Å². The van der Waals surface area contributed by atoms with Crippen LogP contribution in [0, 0.1) is 6.92 Å². The Kier molecular flexibility index (Phi) is 9.49. The van der Waals surface area contributed by atoms with Crippen LogP contribution in [0.4, 0.5) is 5.69 Å². The number of ether oxygens (including phenoxy) is 3. The summed E-state index contributed by atoms with van der Waals surface area (Å²) in [6, 6.07) is 11.1. The average Bonchev–Trinajstić information content (AvgIpc) is 2.80. The van der Waals surface area contributed by atoms with Crippen LogP contribution in [0.5, 0.6) is 5.75 Å². The van der Waals surface area contributed by atoms with Gasteiger partial charge in [0.15, 0.2) is 6.79 Å². The van der Waals surface area contributed by atoms with Crippen molar-refractivity contribution in [3.05, 3.63) is 53.6 Å². The Labute approximate surface area is 190 Å². The van der Waals surface area contributed by atoms with E-state index in [1.54, 1.807) is 30.3 Å². The molecule has 0 saturated carbocycles. The number of aryl methyl sites for hydroxylation is 1. The lowest BCUT2D eigenvalue weighted by atomic mass is 10.2. The summed E-state index contributed by atoms with van der Waals surface area (Å²) in [7, 11) is -0.875. The lowest BCUT2D eigenvalue weighted by Gasteiger charge is -2.21. The maximum atomic E-state index is 13.0. The predicted octanol–water partition coefficient (Wildman–Crippen LogP) is 3.30. The zero-order chi connectivity index (χ0) is 23.7. The number of rotatable bonds is 12. The second kappa shape index (κ2) is 11.8. The third kappa shape index (κ3) is 6.44. The van der Waals surface area contributed by atoms with Gasteiger partial charge in [0.1, 0.15) is 17.9 Å². The van der Waals surface area contributed by atoms with E-state index in [0.29, 0.717) is 12.2 Å². The highest BCUT2D eigenvalue weighted by atomic mass is 32.2. The molecule has 0 fully saturated rings. The first-order valence-electron chi connectivity index (χ1n) is 10.4. The number of likely N-dealkylation sites (N-methyl/N-ethyl adjacent to an activating group) is 1. The predicted molar refractivity (Wildman–Crippen MR) is 124 cm³/mol. The molecule has 176 valence electrons. The smallest absolute Gasteiger partial charge is 0.341 e. The van der Waals surface area contributed by atoms with E-state index in [9.17, 15) is 13.2 Å². The van der Waals surface area contributed by atoms with E-state index in [1.807, 2.05) is 20.8 Å². The summed E-state index contributed by atoms with van der Waals surface area (Å²) in [5.41, 5.74) is 1.51. The van der Waals surface area contributed by atoms with E-state index in [0.717, 1.165) is 23.0 Å². The van der Waals surface area contributed by atoms with Crippen LogP contribution in [-0.4, -0.2) is 66.5 Å². The topological polar surface area (TPSA) is 85.4 Å². The highest BCUT2D eigenvalue weighted by Gasteiger charge is 2.23. The minimum absolute atomic E-state index is 0.0996. The maximum Gasteiger partial charge on any atom is 0.341 e. The van der Waals surface area contributed by atoms with E-state index < -0.39 is 16.0 Å². The minimum atomic E-state index is -3.78. The molecular weight excluding hydrogens is 432 g/mol. The molecule has 0 N–H and O–H groups in total. The Morgan fingerprint density at radius 3 is 2.28 bits per heavy atom. The van der Waals surface area contributed by atoms with Gasteiger partial charge in [-0.2, -0.15) is 0 Å².